The summed E-state index contributed by atoms with van der Waals surface area (Å²) in [4.78, 5) is 26.9. The monoisotopic (exact) mass is 301 g/mol. The van der Waals surface area contributed by atoms with Gasteiger partial charge in [-0.2, -0.15) is 0 Å². The fourth-order valence-electron chi connectivity index (χ4n) is 2.63. The maximum absolute atomic E-state index is 12.3. The van der Waals surface area contributed by atoms with Crippen LogP contribution in [0.2, 0.25) is 0 Å². The highest BCUT2D eigenvalue weighted by Crippen LogP contribution is 2.22. The Bertz CT molecular complexity index is 657. The molecular weight excluding hydrogens is 278 g/mol. The van der Waals surface area contributed by atoms with Gasteiger partial charge in [-0.1, -0.05) is 38.7 Å². The van der Waals surface area contributed by atoms with Gasteiger partial charge in [-0.25, -0.2) is 4.79 Å². The molecule has 0 saturated heterocycles. The van der Waals surface area contributed by atoms with Gasteiger partial charge in [0.2, 0.25) is 0 Å². The molecular formula is C18H23NO3. The average Bonchev–Trinajstić information content (AvgIpc) is 2.96. The minimum absolute atomic E-state index is 0.161. The number of ether oxygens (including phenoxy) is 1. The first kappa shape index (κ1) is 16.3. The number of H-pyrrole nitrogens is 1. The molecule has 4 nitrogen and oxygen atoms in total. The lowest BCUT2D eigenvalue weighted by molar-refractivity contribution is 0.0600. The highest BCUT2D eigenvalue weighted by atomic mass is 16.5. The van der Waals surface area contributed by atoms with E-state index in [2.05, 4.69) is 11.9 Å². The third-order valence-electron chi connectivity index (χ3n) is 3.91. The number of aromatic amines is 1. The molecule has 0 atom stereocenters. The second-order valence-corrected chi connectivity index (χ2v) is 5.54. The summed E-state index contributed by atoms with van der Waals surface area (Å²) in [6.07, 6.45) is 7.99. The molecule has 0 saturated carbocycles. The van der Waals surface area contributed by atoms with Gasteiger partial charge in [0.1, 0.15) is 0 Å². The van der Waals surface area contributed by atoms with Crippen molar-refractivity contribution >= 4 is 22.7 Å². The standard InChI is InChI=1S/C18H23NO3/c1-3-4-5-6-7-8-17(20)15-12-19-16-11-13(18(21)22-2)9-10-14(15)16/h9-12,19H,3-8H2,1-2H3. The third-order valence-corrected chi connectivity index (χ3v) is 3.91. The Morgan fingerprint density at radius 3 is 2.64 bits per heavy atom. The smallest absolute Gasteiger partial charge is 0.337 e. The molecule has 4 heteroatoms. The van der Waals surface area contributed by atoms with Gasteiger partial charge in [0, 0.05) is 29.1 Å². The molecule has 0 aliphatic carbocycles. The quantitative estimate of drug-likeness (QED) is 0.444. The Hall–Kier alpha value is -2.10. The molecule has 0 unspecified atom stereocenters. The van der Waals surface area contributed by atoms with Crippen molar-refractivity contribution < 1.29 is 14.3 Å². The van der Waals surface area contributed by atoms with Crippen molar-refractivity contribution in [2.24, 2.45) is 0 Å². The normalized spacial score (nSPS) is 10.8. The largest absolute Gasteiger partial charge is 0.465 e. The predicted octanol–water partition coefficient (Wildman–Crippen LogP) is 4.50. The Labute approximate surface area is 130 Å². The summed E-state index contributed by atoms with van der Waals surface area (Å²) in [7, 11) is 1.36. The summed E-state index contributed by atoms with van der Waals surface area (Å²) >= 11 is 0. The van der Waals surface area contributed by atoms with E-state index in [1.54, 1.807) is 18.3 Å². The van der Waals surface area contributed by atoms with Crippen LogP contribution in [0.4, 0.5) is 0 Å². The van der Waals surface area contributed by atoms with Crippen molar-refractivity contribution in [3.8, 4) is 0 Å². The highest BCUT2D eigenvalue weighted by molar-refractivity contribution is 6.08. The number of hydrogen-bond donors (Lipinski definition) is 1. The van der Waals surface area contributed by atoms with E-state index in [-0.39, 0.29) is 11.8 Å². The second kappa shape index (κ2) is 7.78. The molecule has 0 spiro atoms. The number of carbonyl (C=O) groups is 2. The van der Waals surface area contributed by atoms with Crippen LogP contribution in [0.5, 0.6) is 0 Å². The lowest BCUT2D eigenvalue weighted by Gasteiger charge is -2.02. The number of fused-ring (bicyclic) bond motifs is 1. The molecule has 22 heavy (non-hydrogen) atoms. The van der Waals surface area contributed by atoms with Crippen LogP contribution in [-0.2, 0) is 4.74 Å². The molecule has 1 heterocycles. The Morgan fingerprint density at radius 2 is 1.91 bits per heavy atom. The topological polar surface area (TPSA) is 59.2 Å². The van der Waals surface area contributed by atoms with Crippen molar-refractivity contribution in [3.05, 3.63) is 35.5 Å². The number of benzene rings is 1. The number of nitrogens with one attached hydrogen (secondary N) is 1. The first-order chi connectivity index (χ1) is 10.7. The van der Waals surface area contributed by atoms with E-state index < -0.39 is 0 Å². The minimum atomic E-state index is -0.375. The van der Waals surface area contributed by atoms with Crippen LogP contribution in [0.3, 0.4) is 0 Å². The van der Waals surface area contributed by atoms with Crippen molar-refractivity contribution in [1.82, 2.24) is 4.98 Å². The van der Waals surface area contributed by atoms with Crippen molar-refractivity contribution in [2.75, 3.05) is 7.11 Å². The van der Waals surface area contributed by atoms with E-state index in [1.807, 2.05) is 6.07 Å². The molecule has 2 rings (SSSR count). The number of methoxy groups -OCH3 is 1. The molecule has 1 aromatic heterocycles. The molecule has 0 fully saturated rings. The number of hydrogen-bond acceptors (Lipinski definition) is 3. The maximum Gasteiger partial charge on any atom is 0.337 e. The number of aromatic nitrogens is 1. The zero-order valence-electron chi connectivity index (χ0n) is 13.3. The summed E-state index contributed by atoms with van der Waals surface area (Å²) in [6, 6.07) is 5.22. The molecule has 0 radical (unpaired) electrons. The molecule has 1 aromatic carbocycles. The van der Waals surface area contributed by atoms with E-state index in [0.717, 1.165) is 23.7 Å². The van der Waals surface area contributed by atoms with Crippen LogP contribution < -0.4 is 0 Å². The third kappa shape index (κ3) is 3.75. The second-order valence-electron chi connectivity index (χ2n) is 5.54. The number of ketones is 1. The van der Waals surface area contributed by atoms with E-state index in [4.69, 9.17) is 4.74 Å². The zero-order chi connectivity index (χ0) is 15.9. The summed E-state index contributed by atoms with van der Waals surface area (Å²) in [5, 5.41) is 0.867. The van der Waals surface area contributed by atoms with E-state index in [9.17, 15) is 9.59 Å². The van der Waals surface area contributed by atoms with Crippen molar-refractivity contribution in [2.45, 2.75) is 45.4 Å². The summed E-state index contributed by atoms with van der Waals surface area (Å²) in [5.74, 6) is -0.214. The fraction of sp³-hybridized carbons (Fsp3) is 0.444. The van der Waals surface area contributed by atoms with Crippen LogP contribution in [0.25, 0.3) is 10.9 Å². The van der Waals surface area contributed by atoms with Gasteiger partial charge in [0.25, 0.3) is 0 Å². The van der Waals surface area contributed by atoms with Crippen LogP contribution in [0.1, 0.15) is 66.2 Å². The summed E-state index contributed by atoms with van der Waals surface area (Å²) in [5.41, 5.74) is 1.98. The SMILES string of the molecule is CCCCCCCC(=O)c1c[nH]c2cc(C(=O)OC)ccc12. The molecule has 0 bridgehead atoms. The van der Waals surface area contributed by atoms with Crippen LogP contribution >= 0.6 is 0 Å². The molecule has 118 valence electrons. The Kier molecular flexibility index (Phi) is 5.75. The maximum atomic E-state index is 12.3. The molecule has 1 N–H and O–H groups in total. The summed E-state index contributed by atoms with van der Waals surface area (Å²) < 4.78 is 4.70. The highest BCUT2D eigenvalue weighted by Gasteiger charge is 2.13. The molecule has 0 aliphatic heterocycles. The lowest BCUT2D eigenvalue weighted by Crippen LogP contribution is -2.01. The number of rotatable bonds is 8. The first-order valence-electron chi connectivity index (χ1n) is 7.90. The number of unbranched alkanes of at least 4 members (excludes halogenated alkanes) is 4. The van der Waals surface area contributed by atoms with E-state index in [1.165, 1.54) is 26.4 Å². The Morgan fingerprint density at radius 1 is 1.14 bits per heavy atom. The summed E-state index contributed by atoms with van der Waals surface area (Å²) in [6.45, 7) is 2.18. The number of carbonyl (C=O) groups excluding carboxylic acids is 2. The minimum Gasteiger partial charge on any atom is -0.465 e. The van der Waals surface area contributed by atoms with Gasteiger partial charge >= 0.3 is 5.97 Å². The first-order valence-corrected chi connectivity index (χ1v) is 7.90. The van der Waals surface area contributed by atoms with Gasteiger partial charge < -0.3 is 9.72 Å². The molecule has 2 aromatic rings. The zero-order valence-corrected chi connectivity index (χ0v) is 13.3. The van der Waals surface area contributed by atoms with Gasteiger partial charge in [-0.15, -0.1) is 0 Å². The van der Waals surface area contributed by atoms with Gasteiger partial charge in [-0.05, 0) is 18.6 Å². The van der Waals surface area contributed by atoms with Crippen LogP contribution in [0.15, 0.2) is 24.4 Å². The molecule has 0 aliphatic rings. The van der Waals surface area contributed by atoms with Crippen molar-refractivity contribution in [1.29, 1.82) is 0 Å². The van der Waals surface area contributed by atoms with E-state index in [0.29, 0.717) is 17.5 Å². The van der Waals surface area contributed by atoms with E-state index >= 15 is 0 Å². The lowest BCUT2D eigenvalue weighted by atomic mass is 10.0. The number of Topliss-reactive ketones (excluding diaryl/α,β-unsaturated/α-hetero) is 1. The van der Waals surface area contributed by atoms with Gasteiger partial charge in [-0.3, -0.25) is 4.79 Å². The van der Waals surface area contributed by atoms with Crippen molar-refractivity contribution in [3.63, 3.8) is 0 Å². The fourth-order valence-corrected chi connectivity index (χ4v) is 2.63. The predicted molar refractivity (Wildman–Crippen MR) is 87.3 cm³/mol. The number of esters is 1. The average molecular weight is 301 g/mol. The van der Waals surface area contributed by atoms with Crippen LogP contribution in [-0.4, -0.2) is 23.8 Å². The van der Waals surface area contributed by atoms with Crippen LogP contribution in [0, 0.1) is 0 Å². The Balaban J connectivity index is 2.05. The van der Waals surface area contributed by atoms with Gasteiger partial charge in [0.15, 0.2) is 5.78 Å². The molecule has 0 amide bonds. The van der Waals surface area contributed by atoms with Gasteiger partial charge in [0.05, 0.1) is 12.7 Å².